The summed E-state index contributed by atoms with van der Waals surface area (Å²) >= 11 is 1.16. The molecule has 2 rings (SSSR count). The minimum absolute atomic E-state index is 0.567. The molecular formula is C12H14N4O2S. The molecule has 2 aromatic rings. The number of hydrogen-bond donors (Lipinski definition) is 2. The minimum Gasteiger partial charge on any atom is -0.480 e. The van der Waals surface area contributed by atoms with E-state index < -0.39 is 11.2 Å². The Morgan fingerprint density at radius 3 is 2.58 bits per heavy atom. The lowest BCUT2D eigenvalue weighted by Crippen LogP contribution is -2.12. The van der Waals surface area contributed by atoms with Gasteiger partial charge < -0.3 is 15.4 Å². The Morgan fingerprint density at radius 2 is 2.00 bits per heavy atom. The fraction of sp³-hybridized carbons (Fsp3) is 0.250. The van der Waals surface area contributed by atoms with Crippen LogP contribution in [0.15, 0.2) is 29.4 Å². The quantitative estimate of drug-likeness (QED) is 0.652. The zero-order valence-corrected chi connectivity index (χ0v) is 11.4. The number of carboxylic acids is 1. The van der Waals surface area contributed by atoms with Gasteiger partial charge >= 0.3 is 5.97 Å². The van der Waals surface area contributed by atoms with Gasteiger partial charge in [0.1, 0.15) is 5.25 Å². The van der Waals surface area contributed by atoms with Crippen molar-refractivity contribution in [1.82, 2.24) is 14.8 Å². The number of nitrogens with two attached hydrogens (primary N) is 1. The van der Waals surface area contributed by atoms with Crippen molar-refractivity contribution in [2.75, 3.05) is 5.73 Å². The molecule has 0 aliphatic carbocycles. The molecule has 0 amide bonds. The molecule has 0 bridgehead atoms. The van der Waals surface area contributed by atoms with Crippen LogP contribution in [0.1, 0.15) is 6.92 Å². The van der Waals surface area contributed by atoms with Crippen LogP contribution in [0.25, 0.3) is 11.4 Å². The summed E-state index contributed by atoms with van der Waals surface area (Å²) in [5.41, 5.74) is 7.20. The fourth-order valence-electron chi connectivity index (χ4n) is 1.51. The summed E-state index contributed by atoms with van der Waals surface area (Å²) in [6.07, 6.45) is 0. The number of thioether (sulfide) groups is 1. The maximum absolute atomic E-state index is 10.8. The molecule has 1 aromatic carbocycles. The van der Waals surface area contributed by atoms with Crippen molar-refractivity contribution in [3.63, 3.8) is 0 Å². The van der Waals surface area contributed by atoms with Gasteiger partial charge in [-0.15, -0.1) is 10.2 Å². The molecule has 0 fully saturated rings. The van der Waals surface area contributed by atoms with Crippen molar-refractivity contribution in [3.8, 4) is 11.4 Å². The molecule has 1 atom stereocenters. The van der Waals surface area contributed by atoms with E-state index in [1.54, 1.807) is 23.6 Å². The smallest absolute Gasteiger partial charge is 0.316 e. The normalized spacial score (nSPS) is 12.3. The number of benzene rings is 1. The third-order valence-corrected chi connectivity index (χ3v) is 3.76. The fourth-order valence-corrected chi connectivity index (χ4v) is 2.26. The van der Waals surface area contributed by atoms with Crippen LogP contribution >= 0.6 is 11.8 Å². The Kier molecular flexibility index (Phi) is 3.75. The minimum atomic E-state index is -0.873. The van der Waals surface area contributed by atoms with E-state index in [0.29, 0.717) is 16.7 Å². The first kappa shape index (κ1) is 13.4. The molecular weight excluding hydrogens is 264 g/mol. The highest BCUT2D eigenvalue weighted by molar-refractivity contribution is 8.00. The highest BCUT2D eigenvalue weighted by atomic mass is 32.2. The second-order valence-electron chi connectivity index (χ2n) is 4.09. The van der Waals surface area contributed by atoms with E-state index in [1.165, 1.54) is 0 Å². The van der Waals surface area contributed by atoms with Gasteiger partial charge in [0.2, 0.25) is 0 Å². The molecule has 3 N–H and O–H groups in total. The van der Waals surface area contributed by atoms with Gasteiger partial charge in [0.05, 0.1) is 0 Å². The summed E-state index contributed by atoms with van der Waals surface area (Å²) < 4.78 is 1.77. The Morgan fingerprint density at radius 1 is 1.37 bits per heavy atom. The van der Waals surface area contributed by atoms with Crippen molar-refractivity contribution in [3.05, 3.63) is 24.3 Å². The van der Waals surface area contributed by atoms with Crippen LogP contribution in [-0.2, 0) is 11.8 Å². The highest BCUT2D eigenvalue weighted by Gasteiger charge is 2.18. The van der Waals surface area contributed by atoms with Crippen LogP contribution in [0.5, 0.6) is 0 Å². The molecule has 0 saturated carbocycles. The van der Waals surface area contributed by atoms with Crippen LogP contribution in [0, 0.1) is 0 Å². The predicted molar refractivity (Wildman–Crippen MR) is 73.8 cm³/mol. The molecule has 1 aromatic heterocycles. The SMILES string of the molecule is CC(Sc1nnc(-c2ccc(N)cc2)n1C)C(=O)O. The second-order valence-corrected chi connectivity index (χ2v) is 5.39. The van der Waals surface area contributed by atoms with E-state index in [0.717, 1.165) is 17.3 Å². The van der Waals surface area contributed by atoms with E-state index in [9.17, 15) is 4.79 Å². The van der Waals surface area contributed by atoms with E-state index in [2.05, 4.69) is 10.2 Å². The molecule has 100 valence electrons. The third-order valence-electron chi connectivity index (χ3n) is 2.63. The zero-order valence-electron chi connectivity index (χ0n) is 10.6. The standard InChI is InChI=1S/C12H14N4O2S/c1-7(11(17)18)19-12-15-14-10(16(12)2)8-3-5-9(13)6-4-8/h3-7H,13H2,1-2H3,(H,17,18). The van der Waals surface area contributed by atoms with Crippen molar-refractivity contribution in [1.29, 1.82) is 0 Å². The number of hydrogen-bond acceptors (Lipinski definition) is 5. The molecule has 0 radical (unpaired) electrons. The third kappa shape index (κ3) is 2.87. The van der Waals surface area contributed by atoms with E-state index in [-0.39, 0.29) is 0 Å². The number of aromatic nitrogens is 3. The Hall–Kier alpha value is -2.02. The summed E-state index contributed by atoms with van der Waals surface area (Å²) in [5, 5.41) is 17.0. The predicted octanol–water partition coefficient (Wildman–Crippen LogP) is 1.63. The Labute approximate surface area is 114 Å². The first-order valence-electron chi connectivity index (χ1n) is 5.64. The van der Waals surface area contributed by atoms with Crippen LogP contribution in [0.3, 0.4) is 0 Å². The largest absolute Gasteiger partial charge is 0.480 e. The summed E-state index contributed by atoms with van der Waals surface area (Å²) in [7, 11) is 1.81. The van der Waals surface area contributed by atoms with Crippen molar-refractivity contribution >= 4 is 23.4 Å². The highest BCUT2D eigenvalue weighted by Crippen LogP contribution is 2.25. The first-order chi connectivity index (χ1) is 8.99. The Balaban J connectivity index is 2.27. The van der Waals surface area contributed by atoms with Gasteiger partial charge in [-0.1, -0.05) is 11.8 Å². The van der Waals surface area contributed by atoms with E-state index >= 15 is 0 Å². The second kappa shape index (κ2) is 5.31. The van der Waals surface area contributed by atoms with Crippen molar-refractivity contribution in [2.24, 2.45) is 7.05 Å². The van der Waals surface area contributed by atoms with Gasteiger partial charge in [-0.2, -0.15) is 0 Å². The monoisotopic (exact) mass is 278 g/mol. The topological polar surface area (TPSA) is 94.0 Å². The molecule has 0 aliphatic rings. The lowest BCUT2D eigenvalue weighted by Gasteiger charge is -2.06. The van der Waals surface area contributed by atoms with Crippen LogP contribution in [0.2, 0.25) is 0 Å². The Bertz CT molecular complexity index is 594. The number of anilines is 1. The first-order valence-corrected chi connectivity index (χ1v) is 6.51. The van der Waals surface area contributed by atoms with Crippen LogP contribution in [0.4, 0.5) is 5.69 Å². The van der Waals surface area contributed by atoms with Gasteiger partial charge in [-0.25, -0.2) is 0 Å². The summed E-state index contributed by atoms with van der Waals surface area (Å²) in [5.74, 6) is -0.192. The number of carbonyl (C=O) groups is 1. The van der Waals surface area contributed by atoms with E-state index in [1.807, 2.05) is 19.2 Å². The van der Waals surface area contributed by atoms with Gasteiger partial charge in [0, 0.05) is 18.3 Å². The van der Waals surface area contributed by atoms with Crippen molar-refractivity contribution in [2.45, 2.75) is 17.3 Å². The number of nitrogens with zero attached hydrogens (tertiary/aromatic N) is 3. The molecule has 0 aliphatic heterocycles. The molecule has 6 nitrogen and oxygen atoms in total. The van der Waals surface area contributed by atoms with E-state index in [4.69, 9.17) is 10.8 Å². The lowest BCUT2D eigenvalue weighted by atomic mass is 10.2. The van der Waals surface area contributed by atoms with Gasteiger partial charge in [0.25, 0.3) is 0 Å². The van der Waals surface area contributed by atoms with Gasteiger partial charge in [-0.3, -0.25) is 4.79 Å². The number of nitrogen functional groups attached to an aromatic ring is 1. The molecule has 7 heteroatoms. The number of aliphatic carboxylic acids is 1. The molecule has 1 unspecified atom stereocenters. The lowest BCUT2D eigenvalue weighted by molar-refractivity contribution is -0.136. The van der Waals surface area contributed by atoms with Gasteiger partial charge in [0.15, 0.2) is 11.0 Å². The maximum Gasteiger partial charge on any atom is 0.316 e. The summed E-state index contributed by atoms with van der Waals surface area (Å²) in [4.78, 5) is 10.8. The molecule has 19 heavy (non-hydrogen) atoms. The number of carboxylic acid groups (broad SMARTS) is 1. The molecule has 0 saturated heterocycles. The average molecular weight is 278 g/mol. The molecule has 0 spiro atoms. The maximum atomic E-state index is 10.8. The zero-order chi connectivity index (χ0) is 14.0. The van der Waals surface area contributed by atoms with Crippen LogP contribution < -0.4 is 5.73 Å². The van der Waals surface area contributed by atoms with Crippen molar-refractivity contribution < 1.29 is 9.90 Å². The summed E-state index contributed by atoms with van der Waals surface area (Å²) in [6, 6.07) is 7.29. The summed E-state index contributed by atoms with van der Waals surface area (Å²) in [6.45, 7) is 1.62. The van der Waals surface area contributed by atoms with Crippen LogP contribution in [-0.4, -0.2) is 31.1 Å². The van der Waals surface area contributed by atoms with Gasteiger partial charge in [-0.05, 0) is 31.2 Å². The molecule has 1 heterocycles. The average Bonchev–Trinajstić information content (AvgIpc) is 2.72. The number of rotatable bonds is 4.